The summed E-state index contributed by atoms with van der Waals surface area (Å²) in [4.78, 5) is 23.1. The Labute approximate surface area is 127 Å². The molecule has 0 saturated carbocycles. The zero-order valence-corrected chi connectivity index (χ0v) is 12.8. The van der Waals surface area contributed by atoms with Crippen molar-refractivity contribution in [3.8, 4) is 0 Å². The minimum absolute atomic E-state index is 0.0570. The lowest BCUT2D eigenvalue weighted by molar-refractivity contribution is -0.111. The zero-order chi connectivity index (χ0) is 17.1. The number of nitrogens with two attached hydrogens (primary N) is 1. The van der Waals surface area contributed by atoms with Crippen LogP contribution in [0.1, 0.15) is 27.7 Å². The lowest BCUT2D eigenvalue weighted by atomic mass is 10.2. The Morgan fingerprint density at radius 3 is 2.41 bits per heavy atom. The summed E-state index contributed by atoms with van der Waals surface area (Å²) in [5.41, 5.74) is 7.09. The summed E-state index contributed by atoms with van der Waals surface area (Å²) in [5, 5.41) is 0.849. The summed E-state index contributed by atoms with van der Waals surface area (Å²) >= 11 is 0. The van der Waals surface area contributed by atoms with Gasteiger partial charge in [0.05, 0.1) is 11.4 Å². The van der Waals surface area contributed by atoms with Gasteiger partial charge in [-0.25, -0.2) is 18.6 Å². The van der Waals surface area contributed by atoms with Gasteiger partial charge < -0.3 is 15.3 Å². The molecule has 0 radical (unpaired) electrons. The Bertz CT molecular complexity index is 573. The molecule has 0 fully saturated rings. The lowest BCUT2D eigenvalue weighted by Crippen LogP contribution is -2.46. The molecule has 0 spiro atoms. The second-order valence-electron chi connectivity index (χ2n) is 5.69. The van der Waals surface area contributed by atoms with Gasteiger partial charge in [0.2, 0.25) is 0 Å². The van der Waals surface area contributed by atoms with E-state index in [9.17, 15) is 18.4 Å². The van der Waals surface area contributed by atoms with Crippen LogP contribution in [-0.4, -0.2) is 29.0 Å². The number of nitrogens with one attached hydrogen (secondary N) is 1. The van der Waals surface area contributed by atoms with Crippen molar-refractivity contribution in [1.82, 2.24) is 5.01 Å². The second-order valence-corrected chi connectivity index (χ2v) is 5.69. The van der Waals surface area contributed by atoms with Crippen molar-refractivity contribution in [3.05, 3.63) is 23.8 Å². The molecule has 122 valence electrons. The van der Waals surface area contributed by atoms with Crippen molar-refractivity contribution in [2.45, 2.75) is 39.3 Å². The van der Waals surface area contributed by atoms with E-state index in [1.807, 2.05) is 0 Å². The number of ether oxygens (including phenoxy) is 1. The first-order valence-corrected chi connectivity index (χ1v) is 6.54. The van der Waals surface area contributed by atoms with Crippen molar-refractivity contribution in [3.63, 3.8) is 0 Å². The molecule has 6 nitrogen and oxygen atoms in total. The van der Waals surface area contributed by atoms with Crippen molar-refractivity contribution in [1.29, 1.82) is 0 Å². The Morgan fingerprint density at radius 2 is 1.91 bits per heavy atom. The van der Waals surface area contributed by atoms with E-state index >= 15 is 0 Å². The molecule has 0 aliphatic rings. The van der Waals surface area contributed by atoms with Gasteiger partial charge in [-0.2, -0.15) is 0 Å². The largest absolute Gasteiger partial charge is 0.442 e. The number of hydrogen-bond acceptors (Lipinski definition) is 5. The number of carbonyl (C=O) groups is 2. The van der Waals surface area contributed by atoms with Crippen LogP contribution in [0, 0.1) is 11.6 Å². The van der Waals surface area contributed by atoms with Crippen LogP contribution >= 0.6 is 0 Å². The van der Waals surface area contributed by atoms with Gasteiger partial charge in [-0.1, -0.05) is 0 Å². The van der Waals surface area contributed by atoms with E-state index in [2.05, 4.69) is 5.43 Å². The van der Waals surface area contributed by atoms with Gasteiger partial charge in [0.15, 0.2) is 11.6 Å². The SMILES string of the molecule is C[C@@H](C=O)N(Nc1cc(F)c(F)cc1N)C(=O)OC(C)(C)C. The molecule has 0 saturated heterocycles. The maximum Gasteiger partial charge on any atom is 0.429 e. The number of aldehydes is 1. The third-order valence-electron chi connectivity index (χ3n) is 2.53. The van der Waals surface area contributed by atoms with Crippen molar-refractivity contribution in [2.75, 3.05) is 11.2 Å². The number of carbonyl (C=O) groups excluding carboxylic acids is 2. The topological polar surface area (TPSA) is 84.7 Å². The molecule has 8 heteroatoms. The van der Waals surface area contributed by atoms with Crippen LogP contribution in [0.25, 0.3) is 0 Å². The Hall–Kier alpha value is -2.38. The number of hydrazine groups is 1. The van der Waals surface area contributed by atoms with E-state index < -0.39 is 29.4 Å². The van der Waals surface area contributed by atoms with Gasteiger partial charge >= 0.3 is 6.09 Å². The fraction of sp³-hybridized carbons (Fsp3) is 0.429. The molecule has 1 atom stereocenters. The van der Waals surface area contributed by atoms with Gasteiger partial charge in [0.25, 0.3) is 0 Å². The quantitative estimate of drug-likeness (QED) is 0.507. The van der Waals surface area contributed by atoms with Crippen LogP contribution < -0.4 is 11.2 Å². The summed E-state index contributed by atoms with van der Waals surface area (Å²) in [5.74, 6) is -2.25. The first kappa shape index (κ1) is 17.7. The third kappa shape index (κ3) is 4.57. The van der Waals surface area contributed by atoms with E-state index in [1.165, 1.54) is 6.92 Å². The number of nitrogen functional groups attached to an aromatic ring is 1. The smallest absolute Gasteiger partial charge is 0.429 e. The molecule has 22 heavy (non-hydrogen) atoms. The average molecular weight is 315 g/mol. The molecule has 0 bridgehead atoms. The third-order valence-corrected chi connectivity index (χ3v) is 2.53. The zero-order valence-electron chi connectivity index (χ0n) is 12.8. The monoisotopic (exact) mass is 315 g/mol. The number of hydrogen-bond donors (Lipinski definition) is 2. The van der Waals surface area contributed by atoms with Gasteiger partial charge in [0, 0.05) is 12.1 Å². The van der Waals surface area contributed by atoms with Crippen LogP contribution in [0.3, 0.4) is 0 Å². The molecule has 0 aliphatic carbocycles. The summed E-state index contributed by atoms with van der Waals surface area (Å²) in [6.07, 6.45) is -0.358. The highest BCUT2D eigenvalue weighted by Crippen LogP contribution is 2.23. The molecular weight excluding hydrogens is 296 g/mol. The van der Waals surface area contributed by atoms with Crippen LogP contribution in [0.5, 0.6) is 0 Å². The molecule has 3 N–H and O–H groups in total. The van der Waals surface area contributed by atoms with E-state index in [0.29, 0.717) is 6.29 Å². The van der Waals surface area contributed by atoms with Gasteiger partial charge in [-0.15, -0.1) is 0 Å². The molecular formula is C14H19F2N3O3. The summed E-state index contributed by atoms with van der Waals surface area (Å²) in [6, 6.07) is 0.651. The minimum atomic E-state index is -1.14. The number of anilines is 2. The number of amides is 1. The first-order valence-electron chi connectivity index (χ1n) is 6.54. The fourth-order valence-electron chi connectivity index (χ4n) is 1.47. The first-order chi connectivity index (χ1) is 10.0. The van der Waals surface area contributed by atoms with Gasteiger partial charge in [0.1, 0.15) is 17.9 Å². The Balaban J connectivity index is 3.07. The predicted octanol–water partition coefficient (Wildman–Crippen LogP) is 2.70. The van der Waals surface area contributed by atoms with E-state index in [1.54, 1.807) is 20.8 Å². The van der Waals surface area contributed by atoms with E-state index in [0.717, 1.165) is 17.1 Å². The number of rotatable bonds is 4. The van der Waals surface area contributed by atoms with Crippen molar-refractivity contribution < 1.29 is 23.1 Å². The van der Waals surface area contributed by atoms with E-state index in [4.69, 9.17) is 10.5 Å². The minimum Gasteiger partial charge on any atom is -0.442 e. The molecule has 0 aliphatic heterocycles. The summed E-state index contributed by atoms with van der Waals surface area (Å²) in [7, 11) is 0. The van der Waals surface area contributed by atoms with Crippen LogP contribution in [0.2, 0.25) is 0 Å². The van der Waals surface area contributed by atoms with Gasteiger partial charge in [-0.3, -0.25) is 5.43 Å². The lowest BCUT2D eigenvalue weighted by Gasteiger charge is -2.30. The molecule has 0 aromatic heterocycles. The van der Waals surface area contributed by atoms with Gasteiger partial charge in [-0.05, 0) is 27.7 Å². The highest BCUT2D eigenvalue weighted by molar-refractivity contribution is 5.77. The molecule has 1 amide bonds. The van der Waals surface area contributed by atoms with Crippen LogP contribution in [0.4, 0.5) is 25.0 Å². The highest BCUT2D eigenvalue weighted by Gasteiger charge is 2.27. The molecule has 1 aromatic rings. The molecule has 0 unspecified atom stereocenters. The summed E-state index contributed by atoms with van der Waals surface area (Å²) in [6.45, 7) is 6.39. The maximum absolute atomic E-state index is 13.3. The Kier molecular flexibility index (Phi) is 5.29. The normalized spacial score (nSPS) is 12.5. The van der Waals surface area contributed by atoms with E-state index in [-0.39, 0.29) is 11.4 Å². The average Bonchev–Trinajstić information content (AvgIpc) is 2.38. The maximum atomic E-state index is 13.3. The molecule has 0 heterocycles. The highest BCUT2D eigenvalue weighted by atomic mass is 19.2. The fourth-order valence-corrected chi connectivity index (χ4v) is 1.47. The van der Waals surface area contributed by atoms with Crippen molar-refractivity contribution >= 4 is 23.8 Å². The number of benzene rings is 1. The number of nitrogens with zero attached hydrogens (tertiary/aromatic N) is 1. The molecule has 1 aromatic carbocycles. The van der Waals surface area contributed by atoms with Crippen molar-refractivity contribution in [2.24, 2.45) is 0 Å². The molecule has 1 rings (SSSR count). The number of halogens is 2. The predicted molar refractivity (Wildman–Crippen MR) is 78.0 cm³/mol. The van der Waals surface area contributed by atoms with Crippen LogP contribution in [0.15, 0.2) is 12.1 Å². The Morgan fingerprint density at radius 1 is 1.36 bits per heavy atom. The second kappa shape index (κ2) is 6.59. The standard InChI is InChI=1S/C14H19F2N3O3/c1-8(7-20)19(13(21)22-14(2,3)4)18-12-6-10(16)9(15)5-11(12)17/h5-8,18H,17H2,1-4H3/t8-/m0/s1. The summed E-state index contributed by atoms with van der Waals surface area (Å²) < 4.78 is 31.5. The van der Waals surface area contributed by atoms with Crippen LogP contribution in [-0.2, 0) is 9.53 Å².